The third-order valence-electron chi connectivity index (χ3n) is 4.03. The summed E-state index contributed by atoms with van der Waals surface area (Å²) in [7, 11) is 3.28. The molecule has 0 spiro atoms. The highest BCUT2D eigenvalue weighted by Gasteiger charge is 2.18. The molecule has 3 aromatic rings. The third-order valence-corrected chi connectivity index (χ3v) is 4.03. The highest BCUT2D eigenvalue weighted by molar-refractivity contribution is 5.89. The molecule has 0 fully saturated rings. The first-order valence-electron chi connectivity index (χ1n) is 7.98. The van der Waals surface area contributed by atoms with Gasteiger partial charge in [-0.2, -0.15) is 5.10 Å². The number of carbonyl (C=O) groups is 1. The predicted octanol–water partition coefficient (Wildman–Crippen LogP) is 3.80. The molecule has 1 heterocycles. The number of aryl methyl sites for hydroxylation is 2. The van der Waals surface area contributed by atoms with E-state index in [1.807, 2.05) is 55.5 Å². The van der Waals surface area contributed by atoms with Crippen molar-refractivity contribution in [3.05, 3.63) is 65.2 Å². The van der Waals surface area contributed by atoms with Crippen LogP contribution < -0.4 is 9.47 Å². The highest BCUT2D eigenvalue weighted by atomic mass is 16.5. The number of aldehydes is 1. The molecule has 0 aliphatic heterocycles. The maximum atomic E-state index is 11.4. The first kappa shape index (κ1) is 16.8. The Balaban J connectivity index is 1.86. The second-order valence-corrected chi connectivity index (χ2v) is 5.77. The Morgan fingerprint density at radius 2 is 1.92 bits per heavy atom. The van der Waals surface area contributed by atoms with Gasteiger partial charge in [0.15, 0.2) is 6.29 Å². The molecule has 0 bridgehead atoms. The molecule has 1 aromatic heterocycles. The van der Waals surface area contributed by atoms with Crippen molar-refractivity contribution in [1.29, 1.82) is 0 Å². The Kier molecular flexibility index (Phi) is 4.84. The molecule has 5 heteroatoms. The van der Waals surface area contributed by atoms with E-state index in [1.54, 1.807) is 11.7 Å². The molecule has 0 amide bonds. The molecule has 0 aliphatic rings. The molecule has 0 radical (unpaired) electrons. The highest BCUT2D eigenvalue weighted by Crippen LogP contribution is 2.31. The average Bonchev–Trinajstić information content (AvgIpc) is 2.97. The van der Waals surface area contributed by atoms with Crippen molar-refractivity contribution in [3.63, 3.8) is 0 Å². The zero-order valence-electron chi connectivity index (χ0n) is 14.5. The molecule has 0 saturated carbocycles. The molecule has 0 unspecified atom stereocenters. The fourth-order valence-electron chi connectivity index (χ4n) is 2.78. The van der Waals surface area contributed by atoms with E-state index in [4.69, 9.17) is 9.47 Å². The number of benzene rings is 2. The number of hydrogen-bond donors (Lipinski definition) is 0. The van der Waals surface area contributed by atoms with E-state index in [-0.39, 0.29) is 0 Å². The molecule has 0 saturated heterocycles. The van der Waals surface area contributed by atoms with E-state index in [0.717, 1.165) is 28.7 Å². The van der Waals surface area contributed by atoms with Crippen molar-refractivity contribution >= 4 is 6.29 Å². The van der Waals surface area contributed by atoms with Gasteiger partial charge >= 0.3 is 0 Å². The van der Waals surface area contributed by atoms with E-state index in [0.29, 0.717) is 23.7 Å². The molecule has 0 atom stereocenters. The van der Waals surface area contributed by atoms with Crippen LogP contribution in [0.2, 0.25) is 0 Å². The Hall–Kier alpha value is -3.08. The quantitative estimate of drug-likeness (QED) is 0.643. The van der Waals surface area contributed by atoms with Gasteiger partial charge in [0.25, 0.3) is 0 Å². The minimum atomic E-state index is 0.447. The van der Waals surface area contributed by atoms with Crippen molar-refractivity contribution in [2.45, 2.75) is 13.5 Å². The topological polar surface area (TPSA) is 53.4 Å². The molecular formula is C20H20N2O3. The normalized spacial score (nSPS) is 10.5. The van der Waals surface area contributed by atoms with Gasteiger partial charge in [-0.1, -0.05) is 30.3 Å². The molecule has 0 N–H and O–H groups in total. The van der Waals surface area contributed by atoms with Crippen LogP contribution in [-0.2, 0) is 13.7 Å². The summed E-state index contributed by atoms with van der Waals surface area (Å²) in [6.07, 6.45) is 0.774. The number of rotatable bonds is 6. The maximum Gasteiger partial charge on any atom is 0.222 e. The van der Waals surface area contributed by atoms with E-state index in [2.05, 4.69) is 5.10 Å². The first-order valence-corrected chi connectivity index (χ1v) is 7.98. The van der Waals surface area contributed by atoms with Gasteiger partial charge in [0.05, 0.1) is 7.11 Å². The van der Waals surface area contributed by atoms with Crippen LogP contribution in [0.1, 0.15) is 21.5 Å². The minimum Gasteiger partial charge on any atom is -0.489 e. The zero-order chi connectivity index (χ0) is 17.8. The van der Waals surface area contributed by atoms with Crippen LogP contribution in [0.25, 0.3) is 11.3 Å². The Labute approximate surface area is 146 Å². The van der Waals surface area contributed by atoms with Gasteiger partial charge in [0, 0.05) is 12.6 Å². The van der Waals surface area contributed by atoms with Gasteiger partial charge in [-0.05, 0) is 36.2 Å². The van der Waals surface area contributed by atoms with Crippen molar-refractivity contribution in [2.24, 2.45) is 7.05 Å². The first-order chi connectivity index (χ1) is 12.1. The van der Waals surface area contributed by atoms with Gasteiger partial charge in [-0.25, -0.2) is 4.68 Å². The lowest BCUT2D eigenvalue weighted by molar-refractivity contribution is 0.112. The molecular weight excluding hydrogens is 316 g/mol. The zero-order valence-corrected chi connectivity index (χ0v) is 14.5. The van der Waals surface area contributed by atoms with Crippen molar-refractivity contribution in [1.82, 2.24) is 9.78 Å². The largest absolute Gasteiger partial charge is 0.489 e. The van der Waals surface area contributed by atoms with Crippen molar-refractivity contribution < 1.29 is 14.3 Å². The molecule has 128 valence electrons. The predicted molar refractivity (Wildman–Crippen MR) is 96.1 cm³/mol. The molecule has 0 aliphatic carbocycles. The fraction of sp³-hybridized carbons (Fsp3) is 0.200. The number of hydrogen-bond acceptors (Lipinski definition) is 4. The number of carbonyl (C=O) groups excluding carboxylic acids is 1. The van der Waals surface area contributed by atoms with Gasteiger partial charge in [-0.15, -0.1) is 0 Å². The van der Waals surface area contributed by atoms with Crippen molar-refractivity contribution in [2.75, 3.05) is 7.11 Å². The molecule has 5 nitrogen and oxygen atoms in total. The van der Waals surface area contributed by atoms with Gasteiger partial charge < -0.3 is 9.47 Å². The number of aromatic nitrogens is 2. The van der Waals surface area contributed by atoms with Crippen LogP contribution in [0.4, 0.5) is 0 Å². The summed E-state index contributed by atoms with van der Waals surface area (Å²) in [5, 5.41) is 4.41. The summed E-state index contributed by atoms with van der Waals surface area (Å²) in [5.74, 6) is 1.26. The third kappa shape index (κ3) is 3.40. The standard InChI is InChI=1S/C20H20N2O3/c1-14-11-16(19-17(12-23)20(24-3)22(2)21-19)9-10-18(14)25-13-15-7-5-4-6-8-15/h4-12H,13H2,1-3H3. The number of nitrogens with zero attached hydrogens (tertiary/aromatic N) is 2. The smallest absolute Gasteiger partial charge is 0.222 e. The van der Waals surface area contributed by atoms with Crippen LogP contribution >= 0.6 is 0 Å². The van der Waals surface area contributed by atoms with E-state index >= 15 is 0 Å². The second-order valence-electron chi connectivity index (χ2n) is 5.77. The van der Waals surface area contributed by atoms with Crippen LogP contribution in [0.3, 0.4) is 0 Å². The van der Waals surface area contributed by atoms with E-state index in [1.165, 1.54) is 7.11 Å². The summed E-state index contributed by atoms with van der Waals surface area (Å²) < 4.78 is 12.7. The second kappa shape index (κ2) is 7.21. The Bertz CT molecular complexity index is 885. The molecule has 2 aromatic carbocycles. The van der Waals surface area contributed by atoms with Gasteiger partial charge in [0.1, 0.15) is 23.6 Å². The Morgan fingerprint density at radius 3 is 2.56 bits per heavy atom. The summed E-state index contributed by atoms with van der Waals surface area (Å²) in [5.41, 5.74) is 4.00. The maximum absolute atomic E-state index is 11.4. The fourth-order valence-corrected chi connectivity index (χ4v) is 2.78. The molecule has 25 heavy (non-hydrogen) atoms. The lowest BCUT2D eigenvalue weighted by Crippen LogP contribution is -1.97. The van der Waals surface area contributed by atoms with Crippen LogP contribution in [0.5, 0.6) is 11.6 Å². The Morgan fingerprint density at radius 1 is 1.16 bits per heavy atom. The number of ether oxygens (including phenoxy) is 2. The van der Waals surface area contributed by atoms with Gasteiger partial charge in [0.2, 0.25) is 5.88 Å². The monoisotopic (exact) mass is 336 g/mol. The van der Waals surface area contributed by atoms with Crippen LogP contribution in [0.15, 0.2) is 48.5 Å². The number of methoxy groups -OCH3 is 1. The van der Waals surface area contributed by atoms with Gasteiger partial charge in [-0.3, -0.25) is 4.79 Å². The minimum absolute atomic E-state index is 0.447. The molecule has 3 rings (SSSR count). The van der Waals surface area contributed by atoms with Crippen LogP contribution in [-0.4, -0.2) is 23.2 Å². The summed E-state index contributed by atoms with van der Waals surface area (Å²) >= 11 is 0. The van der Waals surface area contributed by atoms with Crippen LogP contribution in [0, 0.1) is 6.92 Å². The summed E-state index contributed by atoms with van der Waals surface area (Å²) in [6.45, 7) is 2.49. The van der Waals surface area contributed by atoms with Crippen molar-refractivity contribution in [3.8, 4) is 22.9 Å². The SMILES string of the molecule is COc1c(C=O)c(-c2ccc(OCc3ccccc3)c(C)c2)nn1C. The lowest BCUT2D eigenvalue weighted by Gasteiger charge is -2.10. The van der Waals surface area contributed by atoms with E-state index < -0.39 is 0 Å². The lowest BCUT2D eigenvalue weighted by atomic mass is 10.1. The van der Waals surface area contributed by atoms with E-state index in [9.17, 15) is 4.79 Å². The summed E-state index contributed by atoms with van der Waals surface area (Å²) in [6, 6.07) is 15.8. The summed E-state index contributed by atoms with van der Waals surface area (Å²) in [4.78, 5) is 11.4. The average molecular weight is 336 g/mol.